The van der Waals surface area contributed by atoms with E-state index in [4.69, 9.17) is 4.74 Å². The normalized spacial score (nSPS) is 12.3. The van der Waals surface area contributed by atoms with E-state index in [-0.39, 0.29) is 17.1 Å². The lowest BCUT2D eigenvalue weighted by Gasteiger charge is -2.15. The van der Waals surface area contributed by atoms with Crippen LogP contribution in [0.3, 0.4) is 0 Å². The van der Waals surface area contributed by atoms with Gasteiger partial charge in [0, 0.05) is 5.56 Å². The maximum atomic E-state index is 13.5. The molecule has 0 fully saturated rings. The molecule has 0 saturated heterocycles. The van der Waals surface area contributed by atoms with Crippen LogP contribution in [-0.4, -0.2) is 5.11 Å². The quantitative estimate of drug-likeness (QED) is 0.903. The fraction of sp³-hybridized carbons (Fsp3) is 0.200. The minimum atomic E-state index is -0.906. The SMILES string of the molecule is Cc1cc(Oc2ccccc2F)c([C@H](C)O)cc1F. The van der Waals surface area contributed by atoms with Crippen LogP contribution in [0.1, 0.15) is 24.2 Å². The van der Waals surface area contributed by atoms with Crippen LogP contribution in [-0.2, 0) is 0 Å². The predicted octanol–water partition coefficient (Wildman–Crippen LogP) is 4.12. The molecule has 2 nitrogen and oxygen atoms in total. The molecule has 1 N–H and O–H groups in total. The van der Waals surface area contributed by atoms with Crippen LogP contribution >= 0.6 is 0 Å². The third-order valence-electron chi connectivity index (χ3n) is 2.80. The number of hydrogen-bond acceptors (Lipinski definition) is 2. The van der Waals surface area contributed by atoms with E-state index in [0.717, 1.165) is 0 Å². The predicted molar refractivity (Wildman–Crippen MR) is 68.2 cm³/mol. The van der Waals surface area contributed by atoms with Crippen molar-refractivity contribution in [1.29, 1.82) is 0 Å². The summed E-state index contributed by atoms with van der Waals surface area (Å²) in [6, 6.07) is 8.58. The van der Waals surface area contributed by atoms with Crippen LogP contribution in [0.4, 0.5) is 8.78 Å². The molecule has 0 aliphatic carbocycles. The van der Waals surface area contributed by atoms with Gasteiger partial charge in [-0.3, -0.25) is 0 Å². The fourth-order valence-corrected chi connectivity index (χ4v) is 1.73. The zero-order valence-corrected chi connectivity index (χ0v) is 10.7. The molecule has 1 atom stereocenters. The van der Waals surface area contributed by atoms with Gasteiger partial charge in [0.25, 0.3) is 0 Å². The summed E-state index contributed by atoms with van der Waals surface area (Å²) in [4.78, 5) is 0. The smallest absolute Gasteiger partial charge is 0.165 e. The third kappa shape index (κ3) is 2.90. The summed E-state index contributed by atoms with van der Waals surface area (Å²) in [6.45, 7) is 3.08. The summed E-state index contributed by atoms with van der Waals surface area (Å²) < 4.78 is 32.5. The van der Waals surface area contributed by atoms with Gasteiger partial charge in [0.05, 0.1) is 6.10 Å². The largest absolute Gasteiger partial charge is 0.454 e. The van der Waals surface area contributed by atoms with E-state index < -0.39 is 17.7 Å². The first-order chi connectivity index (χ1) is 8.99. The highest BCUT2D eigenvalue weighted by Crippen LogP contribution is 2.32. The maximum Gasteiger partial charge on any atom is 0.165 e. The zero-order chi connectivity index (χ0) is 14.0. The molecule has 2 rings (SSSR count). The number of aliphatic hydroxyl groups is 1. The van der Waals surface area contributed by atoms with Crippen LogP contribution in [0.15, 0.2) is 36.4 Å². The van der Waals surface area contributed by atoms with Gasteiger partial charge in [-0.05, 0) is 43.7 Å². The molecule has 0 radical (unpaired) electrons. The number of halogens is 2. The molecule has 0 aliphatic rings. The summed E-state index contributed by atoms with van der Waals surface area (Å²) in [5, 5.41) is 9.63. The summed E-state index contributed by atoms with van der Waals surface area (Å²) in [5.74, 6) is -0.660. The molecule has 0 spiro atoms. The number of rotatable bonds is 3. The summed E-state index contributed by atoms with van der Waals surface area (Å²) in [7, 11) is 0. The molecule has 19 heavy (non-hydrogen) atoms. The van der Waals surface area contributed by atoms with Crippen molar-refractivity contribution in [1.82, 2.24) is 0 Å². The average Bonchev–Trinajstić information content (AvgIpc) is 2.36. The van der Waals surface area contributed by atoms with Crippen molar-refractivity contribution in [3.63, 3.8) is 0 Å². The van der Waals surface area contributed by atoms with E-state index in [0.29, 0.717) is 5.56 Å². The van der Waals surface area contributed by atoms with Crippen LogP contribution < -0.4 is 4.74 Å². The van der Waals surface area contributed by atoms with Crippen molar-refractivity contribution < 1.29 is 18.6 Å². The molecular weight excluding hydrogens is 250 g/mol. The highest BCUT2D eigenvalue weighted by Gasteiger charge is 2.15. The Bertz CT molecular complexity index is 595. The third-order valence-corrected chi connectivity index (χ3v) is 2.80. The Morgan fingerprint density at radius 3 is 2.37 bits per heavy atom. The molecule has 0 heterocycles. The Balaban J connectivity index is 2.45. The van der Waals surface area contributed by atoms with E-state index in [1.54, 1.807) is 19.1 Å². The highest BCUT2D eigenvalue weighted by atomic mass is 19.1. The van der Waals surface area contributed by atoms with Gasteiger partial charge in [0.1, 0.15) is 11.6 Å². The van der Waals surface area contributed by atoms with Crippen LogP contribution in [0.25, 0.3) is 0 Å². The van der Waals surface area contributed by atoms with Gasteiger partial charge in [0.2, 0.25) is 0 Å². The van der Waals surface area contributed by atoms with Gasteiger partial charge >= 0.3 is 0 Å². The lowest BCUT2D eigenvalue weighted by atomic mass is 10.1. The van der Waals surface area contributed by atoms with E-state index >= 15 is 0 Å². The number of aryl methyl sites for hydroxylation is 1. The number of ether oxygens (including phenoxy) is 1. The molecule has 0 bridgehead atoms. The van der Waals surface area contributed by atoms with Crippen molar-refractivity contribution in [2.75, 3.05) is 0 Å². The molecular formula is C15H14F2O2. The Morgan fingerprint density at radius 1 is 1.05 bits per heavy atom. The fourth-order valence-electron chi connectivity index (χ4n) is 1.73. The van der Waals surface area contributed by atoms with Crippen molar-refractivity contribution in [3.05, 3.63) is 59.2 Å². The van der Waals surface area contributed by atoms with Gasteiger partial charge in [-0.15, -0.1) is 0 Å². The Hall–Kier alpha value is -1.94. The number of hydrogen-bond donors (Lipinski definition) is 1. The molecule has 100 valence electrons. The Morgan fingerprint density at radius 2 is 1.74 bits per heavy atom. The zero-order valence-electron chi connectivity index (χ0n) is 10.7. The van der Waals surface area contributed by atoms with Crippen molar-refractivity contribution in [2.24, 2.45) is 0 Å². The summed E-state index contributed by atoms with van der Waals surface area (Å²) in [5.41, 5.74) is 0.655. The van der Waals surface area contributed by atoms with Gasteiger partial charge in [-0.1, -0.05) is 12.1 Å². The highest BCUT2D eigenvalue weighted by molar-refractivity contribution is 5.42. The van der Waals surface area contributed by atoms with Gasteiger partial charge in [-0.2, -0.15) is 0 Å². The molecule has 0 amide bonds. The molecule has 0 aromatic heterocycles. The van der Waals surface area contributed by atoms with Crippen LogP contribution in [0, 0.1) is 18.6 Å². The monoisotopic (exact) mass is 264 g/mol. The van der Waals surface area contributed by atoms with Crippen molar-refractivity contribution >= 4 is 0 Å². The van der Waals surface area contributed by atoms with Crippen molar-refractivity contribution in [3.8, 4) is 11.5 Å². The first kappa shape index (κ1) is 13.5. The first-order valence-electron chi connectivity index (χ1n) is 5.89. The van der Waals surface area contributed by atoms with E-state index in [1.807, 2.05) is 0 Å². The lowest BCUT2D eigenvalue weighted by Crippen LogP contribution is -1.99. The van der Waals surface area contributed by atoms with E-state index in [9.17, 15) is 13.9 Å². The molecule has 0 aliphatic heterocycles. The first-order valence-corrected chi connectivity index (χ1v) is 5.89. The number of para-hydroxylation sites is 1. The van der Waals surface area contributed by atoms with Gasteiger partial charge in [0.15, 0.2) is 11.6 Å². The minimum Gasteiger partial charge on any atom is -0.454 e. The summed E-state index contributed by atoms with van der Waals surface area (Å²) in [6.07, 6.45) is -0.906. The van der Waals surface area contributed by atoms with Gasteiger partial charge in [-0.25, -0.2) is 8.78 Å². The molecule has 4 heteroatoms. The number of aliphatic hydroxyl groups excluding tert-OH is 1. The van der Waals surface area contributed by atoms with Crippen molar-refractivity contribution in [2.45, 2.75) is 20.0 Å². The van der Waals surface area contributed by atoms with E-state index in [2.05, 4.69) is 0 Å². The standard InChI is InChI=1S/C15H14F2O2/c1-9-7-15(11(10(2)18)8-13(9)17)19-14-6-4-3-5-12(14)16/h3-8,10,18H,1-2H3/t10-/m0/s1. The lowest BCUT2D eigenvalue weighted by molar-refractivity contribution is 0.195. The van der Waals surface area contributed by atoms with Gasteiger partial charge < -0.3 is 9.84 Å². The topological polar surface area (TPSA) is 29.5 Å². The second-order valence-electron chi connectivity index (χ2n) is 4.35. The van der Waals surface area contributed by atoms with E-state index in [1.165, 1.54) is 31.2 Å². The molecule has 2 aromatic carbocycles. The summed E-state index contributed by atoms with van der Waals surface area (Å²) >= 11 is 0. The second kappa shape index (κ2) is 5.36. The second-order valence-corrected chi connectivity index (χ2v) is 4.35. The Kier molecular flexibility index (Phi) is 3.81. The van der Waals surface area contributed by atoms with Crippen LogP contribution in [0.5, 0.6) is 11.5 Å². The molecule has 0 saturated carbocycles. The average molecular weight is 264 g/mol. The number of benzene rings is 2. The van der Waals surface area contributed by atoms with Crippen LogP contribution in [0.2, 0.25) is 0 Å². The molecule has 2 aromatic rings. The Labute approximate surface area is 110 Å². The molecule has 0 unspecified atom stereocenters. The minimum absolute atomic E-state index is 0.0374. The maximum absolute atomic E-state index is 13.5.